The SMILES string of the molecule is CNC(=O)C1CN(c2ccc(C#N)c(C(F)(F)F)c2)CC12CCN(C(=O)NCCCOC)CC2. The third kappa shape index (κ3) is 5.38. The minimum Gasteiger partial charge on any atom is -0.385 e. The quantitative estimate of drug-likeness (QED) is 0.609. The zero-order valence-electron chi connectivity index (χ0n) is 19.4. The first-order chi connectivity index (χ1) is 16.1. The lowest BCUT2D eigenvalue weighted by Gasteiger charge is -2.41. The van der Waals surface area contributed by atoms with Gasteiger partial charge in [0, 0.05) is 64.6 Å². The Bertz CT molecular complexity index is 939. The summed E-state index contributed by atoms with van der Waals surface area (Å²) >= 11 is 0. The van der Waals surface area contributed by atoms with Gasteiger partial charge in [-0.05, 0) is 37.5 Å². The number of piperidine rings is 1. The third-order valence-electron chi connectivity index (χ3n) is 6.85. The predicted octanol–water partition coefficient (Wildman–Crippen LogP) is 2.59. The molecular weight excluding hydrogens is 451 g/mol. The topological polar surface area (TPSA) is 97.7 Å². The number of benzene rings is 1. The van der Waals surface area contributed by atoms with Crippen LogP contribution in [0.3, 0.4) is 0 Å². The van der Waals surface area contributed by atoms with E-state index in [-0.39, 0.29) is 18.5 Å². The van der Waals surface area contributed by atoms with Crippen molar-refractivity contribution in [3.05, 3.63) is 29.3 Å². The van der Waals surface area contributed by atoms with Crippen LogP contribution in [0.15, 0.2) is 18.2 Å². The summed E-state index contributed by atoms with van der Waals surface area (Å²) in [4.78, 5) is 28.7. The van der Waals surface area contributed by atoms with Crippen LogP contribution in [0.4, 0.5) is 23.7 Å². The largest absolute Gasteiger partial charge is 0.417 e. The maximum absolute atomic E-state index is 13.5. The van der Waals surface area contributed by atoms with E-state index >= 15 is 0 Å². The van der Waals surface area contributed by atoms with Crippen molar-refractivity contribution in [2.75, 3.05) is 58.4 Å². The molecule has 3 rings (SSSR count). The van der Waals surface area contributed by atoms with Crippen LogP contribution in [0, 0.1) is 22.7 Å². The van der Waals surface area contributed by atoms with E-state index in [0.29, 0.717) is 57.7 Å². The minimum absolute atomic E-state index is 0.162. The normalized spacial score (nSPS) is 19.7. The molecule has 0 bridgehead atoms. The summed E-state index contributed by atoms with van der Waals surface area (Å²) < 4.78 is 45.4. The molecule has 1 unspecified atom stereocenters. The van der Waals surface area contributed by atoms with Crippen molar-refractivity contribution in [1.29, 1.82) is 5.26 Å². The fourth-order valence-electron chi connectivity index (χ4n) is 4.95. The summed E-state index contributed by atoms with van der Waals surface area (Å²) in [6, 6.07) is 5.09. The summed E-state index contributed by atoms with van der Waals surface area (Å²) in [6.45, 7) is 2.64. The maximum Gasteiger partial charge on any atom is 0.417 e. The number of alkyl halides is 3. The molecule has 1 aromatic rings. The van der Waals surface area contributed by atoms with Crippen molar-refractivity contribution in [2.24, 2.45) is 11.3 Å². The van der Waals surface area contributed by atoms with E-state index in [1.165, 1.54) is 12.1 Å². The van der Waals surface area contributed by atoms with Crippen molar-refractivity contribution >= 4 is 17.6 Å². The molecule has 2 heterocycles. The van der Waals surface area contributed by atoms with E-state index in [1.54, 1.807) is 30.0 Å². The average molecular weight is 482 g/mol. The Morgan fingerprint density at radius 3 is 2.59 bits per heavy atom. The first-order valence-corrected chi connectivity index (χ1v) is 11.2. The van der Waals surface area contributed by atoms with Gasteiger partial charge in [0.1, 0.15) is 0 Å². The van der Waals surface area contributed by atoms with E-state index in [0.717, 1.165) is 6.07 Å². The highest BCUT2D eigenvalue weighted by molar-refractivity contribution is 5.81. The molecule has 2 aliphatic heterocycles. The number of halogens is 3. The molecule has 0 saturated carbocycles. The maximum atomic E-state index is 13.5. The number of nitriles is 1. The second-order valence-electron chi connectivity index (χ2n) is 8.81. The van der Waals surface area contributed by atoms with Gasteiger partial charge < -0.3 is 25.2 Å². The van der Waals surface area contributed by atoms with Gasteiger partial charge in [-0.1, -0.05) is 0 Å². The lowest BCUT2D eigenvalue weighted by atomic mass is 9.70. The Balaban J connectivity index is 1.76. The van der Waals surface area contributed by atoms with Crippen LogP contribution >= 0.6 is 0 Å². The Hall–Kier alpha value is -3.00. The number of rotatable bonds is 6. The molecule has 3 amide bonds. The molecule has 186 valence electrons. The molecule has 2 saturated heterocycles. The molecule has 1 aromatic carbocycles. The smallest absolute Gasteiger partial charge is 0.385 e. The number of anilines is 1. The molecule has 2 N–H and O–H groups in total. The summed E-state index contributed by atoms with van der Waals surface area (Å²) in [7, 11) is 3.15. The molecular formula is C23H30F3N5O3. The highest BCUT2D eigenvalue weighted by atomic mass is 19.4. The van der Waals surface area contributed by atoms with Crippen LogP contribution in [-0.4, -0.2) is 70.3 Å². The first-order valence-electron chi connectivity index (χ1n) is 11.2. The van der Waals surface area contributed by atoms with Crippen LogP contribution < -0.4 is 15.5 Å². The van der Waals surface area contributed by atoms with Gasteiger partial charge in [0.05, 0.1) is 23.1 Å². The van der Waals surface area contributed by atoms with Crippen LogP contribution in [0.25, 0.3) is 0 Å². The number of carbonyl (C=O) groups excluding carboxylic acids is 2. The van der Waals surface area contributed by atoms with Gasteiger partial charge in [-0.3, -0.25) is 4.79 Å². The molecule has 1 spiro atoms. The third-order valence-corrected chi connectivity index (χ3v) is 6.85. The van der Waals surface area contributed by atoms with E-state index in [4.69, 9.17) is 10.00 Å². The number of likely N-dealkylation sites (tertiary alicyclic amines) is 1. The van der Waals surface area contributed by atoms with Crippen LogP contribution in [0.5, 0.6) is 0 Å². The molecule has 0 radical (unpaired) electrons. The van der Waals surface area contributed by atoms with Gasteiger partial charge >= 0.3 is 12.2 Å². The van der Waals surface area contributed by atoms with Crippen molar-refractivity contribution in [2.45, 2.75) is 25.4 Å². The summed E-state index contributed by atoms with van der Waals surface area (Å²) in [5.41, 5.74) is -1.54. The van der Waals surface area contributed by atoms with Crippen molar-refractivity contribution < 1.29 is 27.5 Å². The van der Waals surface area contributed by atoms with Crippen molar-refractivity contribution in [1.82, 2.24) is 15.5 Å². The van der Waals surface area contributed by atoms with Crippen LogP contribution in [0.1, 0.15) is 30.4 Å². The number of hydrogen-bond acceptors (Lipinski definition) is 5. The first kappa shape index (κ1) is 25.6. The summed E-state index contributed by atoms with van der Waals surface area (Å²) in [6.07, 6.45) is -2.82. The zero-order chi connectivity index (χ0) is 24.9. The number of urea groups is 1. The number of nitrogens with one attached hydrogen (secondary N) is 2. The van der Waals surface area contributed by atoms with Crippen molar-refractivity contribution in [3.8, 4) is 6.07 Å². The molecule has 8 nitrogen and oxygen atoms in total. The molecule has 34 heavy (non-hydrogen) atoms. The van der Waals surface area contributed by atoms with E-state index < -0.39 is 28.6 Å². The van der Waals surface area contributed by atoms with E-state index in [1.807, 2.05) is 0 Å². The van der Waals surface area contributed by atoms with Gasteiger partial charge in [0.2, 0.25) is 5.91 Å². The highest BCUT2D eigenvalue weighted by Crippen LogP contribution is 2.47. The number of nitrogens with zero attached hydrogens (tertiary/aromatic N) is 3. The molecule has 1 atom stereocenters. The Labute approximate surface area is 197 Å². The lowest BCUT2D eigenvalue weighted by molar-refractivity contribution is -0.137. The zero-order valence-corrected chi connectivity index (χ0v) is 19.4. The van der Waals surface area contributed by atoms with Crippen LogP contribution in [-0.2, 0) is 15.7 Å². The molecule has 2 aliphatic rings. The second-order valence-corrected chi connectivity index (χ2v) is 8.81. The van der Waals surface area contributed by atoms with Gasteiger partial charge in [-0.2, -0.15) is 18.4 Å². The van der Waals surface area contributed by atoms with Crippen LogP contribution in [0.2, 0.25) is 0 Å². The molecule has 0 aromatic heterocycles. The molecule has 0 aliphatic carbocycles. The Morgan fingerprint density at radius 1 is 1.29 bits per heavy atom. The summed E-state index contributed by atoms with van der Waals surface area (Å²) in [5, 5.41) is 14.6. The fraction of sp³-hybridized carbons (Fsp3) is 0.609. The highest BCUT2D eigenvalue weighted by Gasteiger charge is 2.51. The monoisotopic (exact) mass is 481 g/mol. The van der Waals surface area contributed by atoms with Crippen molar-refractivity contribution in [3.63, 3.8) is 0 Å². The van der Waals surface area contributed by atoms with E-state index in [9.17, 15) is 22.8 Å². The van der Waals surface area contributed by atoms with Gasteiger partial charge in [-0.15, -0.1) is 0 Å². The lowest BCUT2D eigenvalue weighted by Crippen LogP contribution is -2.51. The number of amides is 3. The van der Waals surface area contributed by atoms with Gasteiger partial charge in [-0.25, -0.2) is 4.79 Å². The second kappa shape index (κ2) is 10.5. The minimum atomic E-state index is -4.65. The molecule has 11 heteroatoms. The standard InChI is InChI=1S/C23H30F3N5O3/c1-28-20(32)19-14-31(17-5-4-16(13-27)18(12-17)23(24,25)26)15-22(19)6-9-30(10-7-22)21(33)29-8-3-11-34-2/h4-5,12,19H,3,6-11,14-15H2,1-2H3,(H,28,32)(H,29,33). The number of ether oxygens (including phenoxy) is 1. The van der Waals surface area contributed by atoms with Gasteiger partial charge in [0.25, 0.3) is 0 Å². The Morgan fingerprint density at radius 2 is 2.00 bits per heavy atom. The number of hydrogen-bond donors (Lipinski definition) is 2. The number of carbonyl (C=O) groups is 2. The fourth-order valence-corrected chi connectivity index (χ4v) is 4.95. The summed E-state index contributed by atoms with van der Waals surface area (Å²) in [5.74, 6) is -0.584. The predicted molar refractivity (Wildman–Crippen MR) is 119 cm³/mol. The Kier molecular flexibility index (Phi) is 7.92. The van der Waals surface area contributed by atoms with E-state index in [2.05, 4.69) is 10.6 Å². The van der Waals surface area contributed by atoms with Gasteiger partial charge in [0.15, 0.2) is 0 Å². The average Bonchev–Trinajstić information content (AvgIpc) is 3.19. The molecule has 2 fully saturated rings. The number of methoxy groups -OCH3 is 1.